The van der Waals surface area contributed by atoms with Crippen LogP contribution < -0.4 is 39.4 Å². The molecule has 88 heavy (non-hydrogen) atoms. The van der Waals surface area contributed by atoms with Crippen LogP contribution in [0.15, 0.2) is 129 Å². The van der Waals surface area contributed by atoms with E-state index in [-0.39, 0.29) is 134 Å². The number of aromatic nitrogens is 2. The summed E-state index contributed by atoms with van der Waals surface area (Å²) >= 11 is 28.7. The standard InChI is InChI=1S/C26H20Cl2F2N4O6S2.C23H14Cl3F2N3O6S.C3H7NS.CH4.ClH.HI/c27-17-6-16(34-23(36)8-19(35)24(32-34)26(29)30)7-18(28)25(17)40-22-9-21(42(37,38)33-15-12-41-13-15)20(10-31-22)39-11-14-4-2-1-3-5-14;24-14-6-13(31-20(33)8-16(32)21(30-31)23(27)28)7-15(25)22(14)37-19-9-18(38(26,34)35)17(10-29-19)36-11-12-4-2-1-3-5-12;4-3-1-5-2-3;;;/h1-7,9-10,15,26,33H,8,11-13H2;1-7,9-10,23H,8,11H2;3H,1-2,4H2;1H4;2*1H. The first-order valence-corrected chi connectivity index (χ1v) is 32.0. The fourth-order valence-electron chi connectivity index (χ4n) is 7.37. The van der Waals surface area contributed by atoms with E-state index in [1.54, 1.807) is 36.0 Å². The minimum atomic E-state index is -4.30. The summed E-state index contributed by atoms with van der Waals surface area (Å²) < 4.78 is 129. The van der Waals surface area contributed by atoms with Gasteiger partial charge in [-0.25, -0.2) is 49.1 Å². The molecule has 0 aliphatic carbocycles. The number of sulfonamides is 1. The number of nitrogens with one attached hydrogen (secondary N) is 1. The van der Waals surface area contributed by atoms with Crippen LogP contribution in [0.5, 0.6) is 34.8 Å². The summed E-state index contributed by atoms with van der Waals surface area (Å²) in [5.74, 6) is -1.24. The Morgan fingerprint density at radius 1 is 0.614 bits per heavy atom. The summed E-state index contributed by atoms with van der Waals surface area (Å²) in [7, 11) is -2.78. The van der Waals surface area contributed by atoms with Crippen LogP contribution in [0.25, 0.3) is 0 Å². The van der Waals surface area contributed by atoms with E-state index < -0.39 is 84.5 Å². The van der Waals surface area contributed by atoms with Gasteiger partial charge < -0.3 is 24.7 Å². The van der Waals surface area contributed by atoms with Crippen molar-refractivity contribution < 1.29 is 72.5 Å². The first-order chi connectivity index (χ1) is 40.3. The SMILES string of the molecule is C.Cl.I.NC1CSC1.O=C1CC(=O)N(c2cc(Cl)c(Oc3cc(S(=O)(=O)Cl)c(OCc4ccccc4)cn3)c(Cl)c2)N=C1C(F)F.O=C1CC(=O)N(c2cc(Cl)c(Oc3cc(S(=O)(=O)NC4CSC4)c(OCc4ccccc4)cn3)c(Cl)c2)N=C1C(F)F. The number of hydrogen-bond acceptors (Lipinski definition) is 19. The molecule has 2 fully saturated rings. The molecule has 2 amide bonds. The number of hydrazone groups is 2. The third kappa shape index (κ3) is 19.1. The van der Waals surface area contributed by atoms with Gasteiger partial charge in [0.1, 0.15) is 23.0 Å². The van der Waals surface area contributed by atoms with Gasteiger partial charge in [-0.2, -0.15) is 43.7 Å². The van der Waals surface area contributed by atoms with Crippen LogP contribution in [0, 0.1) is 0 Å². The van der Waals surface area contributed by atoms with Crippen molar-refractivity contribution in [2.45, 2.75) is 68.2 Å². The number of thioether (sulfide) groups is 2. The van der Waals surface area contributed by atoms with Crippen molar-refractivity contribution in [3.05, 3.63) is 141 Å². The summed E-state index contributed by atoms with van der Waals surface area (Å²) in [5.41, 5.74) is 4.60. The number of carbonyl (C=O) groups is 4. The number of hydrogen-bond donors (Lipinski definition) is 2. The van der Waals surface area contributed by atoms with E-state index in [0.717, 1.165) is 41.6 Å². The number of nitrogens with two attached hydrogens (primary N) is 1. The number of anilines is 2. The predicted molar refractivity (Wildman–Crippen MR) is 343 cm³/mol. The third-order valence-corrected chi connectivity index (χ3v) is 18.2. The van der Waals surface area contributed by atoms with Gasteiger partial charge in [0, 0.05) is 57.9 Å². The number of pyridine rings is 2. The molecule has 4 aliphatic heterocycles. The van der Waals surface area contributed by atoms with Gasteiger partial charge in [-0.1, -0.05) is 114 Å². The van der Waals surface area contributed by atoms with E-state index in [1.807, 2.05) is 48.2 Å². The normalized spacial score (nSPS) is 15.1. The monoisotopic (exact) mass is 1530 g/mol. The average Bonchev–Trinajstić information content (AvgIpc) is 2.29. The fourth-order valence-corrected chi connectivity index (χ4v) is 12.2. The lowest BCUT2D eigenvalue weighted by molar-refractivity contribution is -0.126. The number of ether oxygens (including phenoxy) is 4. The quantitative estimate of drug-likeness (QED) is 0.0350. The van der Waals surface area contributed by atoms with Gasteiger partial charge in [0.25, 0.3) is 33.7 Å². The molecular weight excluding hydrogens is 1480 g/mol. The van der Waals surface area contributed by atoms with Crippen molar-refractivity contribution in [3.8, 4) is 34.8 Å². The highest BCUT2D eigenvalue weighted by molar-refractivity contribution is 14.0. The molecule has 20 nitrogen and oxygen atoms in total. The van der Waals surface area contributed by atoms with Gasteiger partial charge in [-0.05, 0) is 35.4 Å². The molecule has 4 aliphatic rings. The number of benzene rings is 4. The lowest BCUT2D eigenvalue weighted by atomic mass is 10.1. The van der Waals surface area contributed by atoms with Crippen LogP contribution in [-0.4, -0.2) is 110 Å². The summed E-state index contributed by atoms with van der Waals surface area (Å²) in [6, 6.07) is 25.2. The maximum atomic E-state index is 13.3. The van der Waals surface area contributed by atoms with Gasteiger partial charge in [0.2, 0.25) is 21.8 Å². The number of rotatable bonds is 18. The first kappa shape index (κ1) is 73.4. The Balaban J connectivity index is 0.000000288. The average molecular weight is 1530 g/mol. The molecule has 6 aromatic rings. The van der Waals surface area contributed by atoms with Crippen molar-refractivity contribution in [1.82, 2.24) is 14.7 Å². The molecule has 10 rings (SSSR count). The van der Waals surface area contributed by atoms with E-state index in [4.69, 9.17) is 81.8 Å². The maximum absolute atomic E-state index is 13.3. The highest BCUT2D eigenvalue weighted by atomic mass is 127. The molecule has 0 saturated carbocycles. The Morgan fingerprint density at radius 3 is 1.31 bits per heavy atom. The van der Waals surface area contributed by atoms with E-state index in [9.17, 15) is 53.6 Å². The van der Waals surface area contributed by atoms with Gasteiger partial charge in [-0.15, -0.1) is 36.4 Å². The summed E-state index contributed by atoms with van der Waals surface area (Å²) in [4.78, 5) is 55.4. The molecule has 2 saturated heterocycles. The molecule has 0 radical (unpaired) electrons. The van der Waals surface area contributed by atoms with Crippen molar-refractivity contribution >= 4 is 182 Å². The predicted octanol–water partition coefficient (Wildman–Crippen LogP) is 12.4. The topological polar surface area (TPSA) is 269 Å². The Hall–Kier alpha value is -5.29. The number of alkyl halides is 4. The number of halogens is 11. The molecule has 472 valence electrons. The first-order valence-electron chi connectivity index (χ1n) is 24.4. The number of amides is 2. The third-order valence-electron chi connectivity index (χ3n) is 11.6. The Bertz CT molecular complexity index is 3790. The highest BCUT2D eigenvalue weighted by Gasteiger charge is 2.36. The van der Waals surface area contributed by atoms with E-state index in [2.05, 4.69) is 24.9 Å². The molecule has 0 unspecified atom stereocenters. The van der Waals surface area contributed by atoms with Crippen LogP contribution >= 0.6 is 117 Å². The van der Waals surface area contributed by atoms with E-state index in [1.165, 1.54) is 29.8 Å². The van der Waals surface area contributed by atoms with Crippen molar-refractivity contribution in [2.24, 2.45) is 15.9 Å². The van der Waals surface area contributed by atoms with Crippen molar-refractivity contribution in [2.75, 3.05) is 33.0 Å². The highest BCUT2D eigenvalue weighted by Crippen LogP contribution is 2.43. The summed E-state index contributed by atoms with van der Waals surface area (Å²) in [6.45, 7) is 0.123. The zero-order chi connectivity index (χ0) is 61.3. The van der Waals surface area contributed by atoms with Gasteiger partial charge >= 0.3 is 0 Å². The lowest BCUT2D eigenvalue weighted by Gasteiger charge is -2.26. The van der Waals surface area contributed by atoms with Gasteiger partial charge in [0.15, 0.2) is 46.0 Å². The largest absolute Gasteiger partial charge is 0.486 e. The zero-order valence-electron chi connectivity index (χ0n) is 43.9. The lowest BCUT2D eigenvalue weighted by Crippen LogP contribution is -2.43. The second kappa shape index (κ2) is 32.6. The molecule has 0 spiro atoms. The van der Waals surface area contributed by atoms with Crippen LogP contribution in [0.3, 0.4) is 0 Å². The van der Waals surface area contributed by atoms with Crippen LogP contribution in [0.2, 0.25) is 20.1 Å². The minimum absolute atomic E-state index is 0. The molecular formula is C53H47Cl6F4IN8O12S4. The fraction of sp³-hybridized carbons (Fsp3) is 0.245. The maximum Gasteiger partial charge on any atom is 0.285 e. The van der Waals surface area contributed by atoms with E-state index in [0.29, 0.717) is 27.6 Å². The Labute approximate surface area is 557 Å². The van der Waals surface area contributed by atoms with Gasteiger partial charge in [-0.3, -0.25) is 19.2 Å². The number of nitrogens with zero attached hydrogens (tertiary/aromatic N) is 6. The van der Waals surface area contributed by atoms with Crippen molar-refractivity contribution in [3.63, 3.8) is 0 Å². The Kier molecular flexibility index (Phi) is 27.2. The molecule has 0 atom stereocenters. The molecule has 6 heterocycles. The molecule has 4 aromatic carbocycles. The number of carbonyl (C=O) groups excluding carboxylic acids is 4. The molecule has 0 bridgehead atoms. The van der Waals surface area contributed by atoms with Crippen molar-refractivity contribution in [1.29, 1.82) is 0 Å². The summed E-state index contributed by atoms with van der Waals surface area (Å²) in [6.07, 6.45) is -5.70. The summed E-state index contributed by atoms with van der Waals surface area (Å²) in [5, 5.41) is 7.35. The van der Waals surface area contributed by atoms with Crippen LogP contribution in [0.4, 0.5) is 28.9 Å². The van der Waals surface area contributed by atoms with E-state index >= 15 is 0 Å². The number of Topliss-reactive ketones (excluding diaryl/α,β-unsaturated/α-hetero) is 2. The van der Waals surface area contributed by atoms with Gasteiger partial charge in [0.05, 0.1) is 56.7 Å². The molecule has 3 N–H and O–H groups in total. The smallest absolute Gasteiger partial charge is 0.285 e. The second-order valence-electron chi connectivity index (χ2n) is 17.9. The second-order valence-corrected chi connectivity index (χ2v) is 25.9. The molecule has 35 heteroatoms. The molecule has 2 aromatic heterocycles. The number of ketones is 2. The van der Waals surface area contributed by atoms with Crippen LogP contribution in [-0.2, 0) is 51.5 Å². The van der Waals surface area contributed by atoms with Crippen LogP contribution in [0.1, 0.15) is 31.4 Å². The minimum Gasteiger partial charge on any atom is -0.486 e. The zero-order valence-corrected chi connectivity index (χ0v) is 54.1. The Morgan fingerprint density at radius 2 is 0.977 bits per heavy atom.